The maximum atomic E-state index is 14.3. The van der Waals surface area contributed by atoms with Gasteiger partial charge in [0.2, 0.25) is 17.7 Å². The molecule has 0 aromatic heterocycles. The fourth-order valence-electron chi connectivity index (χ4n) is 10.8. The fraction of sp³-hybridized carbons (Fsp3) is 0.411. The van der Waals surface area contributed by atoms with Gasteiger partial charge in [0.1, 0.15) is 31.6 Å². The molecule has 0 spiro atoms. The van der Waals surface area contributed by atoms with Crippen LogP contribution in [0, 0.1) is 5.92 Å². The molecule has 1 aliphatic carbocycles. The lowest BCUT2D eigenvalue weighted by atomic mass is 9.94. The van der Waals surface area contributed by atoms with Crippen LogP contribution in [0.25, 0.3) is 0 Å². The van der Waals surface area contributed by atoms with Crippen LogP contribution in [0.5, 0.6) is 23.0 Å². The van der Waals surface area contributed by atoms with Crippen LogP contribution in [-0.2, 0) is 44.1 Å². The number of methoxy groups -OCH3 is 2. The van der Waals surface area contributed by atoms with Crippen LogP contribution in [0.4, 0.5) is 22.7 Å². The fourth-order valence-corrected chi connectivity index (χ4v) is 11.7. The molecule has 420 valence electrons. The summed E-state index contributed by atoms with van der Waals surface area (Å²) in [5, 5.41) is 35.4. The van der Waals surface area contributed by atoms with E-state index in [4.69, 9.17) is 24.1 Å². The first kappa shape index (κ1) is 56.0. The minimum absolute atomic E-state index is 0.0180. The monoisotopic (exact) mass is 1110 g/mol. The zero-order valence-corrected chi connectivity index (χ0v) is 45.0. The first-order valence-electron chi connectivity index (χ1n) is 26.3. The highest BCUT2D eigenvalue weighted by atomic mass is 32.2. The van der Waals surface area contributed by atoms with Crippen molar-refractivity contribution in [2.24, 2.45) is 5.92 Å². The molecule has 0 saturated carbocycles. The quantitative estimate of drug-likeness (QED) is 0.0279. The van der Waals surface area contributed by atoms with E-state index < -0.39 is 63.6 Å². The molecular formula is C56H66N8O14S. The number of fused-ring (bicyclic) bond motifs is 8. The maximum Gasteiger partial charge on any atom is 0.288 e. The Bertz CT molecular complexity index is 3170. The predicted octanol–water partition coefficient (Wildman–Crippen LogP) is 4.58. The topological polar surface area (TPSA) is 296 Å². The summed E-state index contributed by atoms with van der Waals surface area (Å²) >= 11 is 0. The van der Waals surface area contributed by atoms with E-state index in [0.717, 1.165) is 11.3 Å². The number of hydrogen-bond acceptors (Lipinski definition) is 16. The van der Waals surface area contributed by atoms with Crippen LogP contribution < -0.4 is 55.7 Å². The first-order valence-corrected chi connectivity index (χ1v) is 27.8. The largest absolute Gasteiger partial charge is 0.493 e. The molecule has 0 radical (unpaired) electrons. The average molecular weight is 1110 g/mol. The van der Waals surface area contributed by atoms with E-state index in [0.29, 0.717) is 71.8 Å². The smallest absolute Gasteiger partial charge is 0.288 e. The molecule has 5 aliphatic rings. The van der Waals surface area contributed by atoms with Gasteiger partial charge in [-0.3, -0.25) is 38.7 Å². The molecule has 9 rings (SSSR count). The van der Waals surface area contributed by atoms with Gasteiger partial charge in [0.05, 0.1) is 54.8 Å². The second-order valence-electron chi connectivity index (χ2n) is 20.2. The molecule has 79 heavy (non-hydrogen) atoms. The van der Waals surface area contributed by atoms with Gasteiger partial charge < -0.3 is 60.6 Å². The number of carbonyl (C=O) groups is 5. The number of benzene rings is 4. The van der Waals surface area contributed by atoms with Crippen molar-refractivity contribution in [3.05, 3.63) is 119 Å². The number of unbranched alkanes of at least 4 members (excludes halogenated alkanes) is 1. The second kappa shape index (κ2) is 24.1. The van der Waals surface area contributed by atoms with Crippen molar-refractivity contribution < 1.29 is 66.1 Å². The van der Waals surface area contributed by atoms with Gasteiger partial charge in [-0.1, -0.05) is 42.5 Å². The Labute approximate surface area is 457 Å². The Morgan fingerprint density at radius 3 is 2.13 bits per heavy atom. The summed E-state index contributed by atoms with van der Waals surface area (Å²) in [6.45, 7) is 3.17. The number of aliphatic hydroxyl groups is 2. The summed E-state index contributed by atoms with van der Waals surface area (Å²) in [7, 11) is -1.88. The van der Waals surface area contributed by atoms with Crippen LogP contribution in [0.2, 0.25) is 0 Å². The third-order valence-corrected chi connectivity index (χ3v) is 15.8. The molecular weight excluding hydrogens is 1040 g/mol. The number of nitrogens with one attached hydrogen (secondary N) is 6. The number of hydrogen-bond donors (Lipinski definition) is 9. The Kier molecular flexibility index (Phi) is 17.1. The summed E-state index contributed by atoms with van der Waals surface area (Å²) in [6, 6.07) is 15.8. The minimum Gasteiger partial charge on any atom is -0.493 e. The van der Waals surface area contributed by atoms with E-state index in [1.807, 2.05) is 42.5 Å². The number of anilines is 4. The van der Waals surface area contributed by atoms with Gasteiger partial charge in [-0.05, 0) is 99.0 Å². The molecule has 9 N–H and O–H groups in total. The molecule has 4 heterocycles. The third kappa shape index (κ3) is 12.4. The SMILES string of the molecule is COc1cc2c(cc1OCc1cc(COc3cc4c(cc3OC)C(=O)N3C5C=CC=CC5C[C@H]3[C@H](S(=O)(=O)O)N4)cc(NC(=O)[C@H](C)NC(=O)[C@H](C)NC(O)CCCCC(=O)NCCCO)c1)N[C@@H]1Cc3ccccc3N1C2=O. The van der Waals surface area contributed by atoms with Gasteiger partial charge in [-0.25, -0.2) is 0 Å². The molecule has 8 atom stereocenters. The van der Waals surface area contributed by atoms with Gasteiger partial charge in [0, 0.05) is 55.4 Å². The average Bonchev–Trinajstić information content (AvgIpc) is 3.88. The molecule has 4 aromatic carbocycles. The van der Waals surface area contributed by atoms with Crippen LogP contribution in [0.3, 0.4) is 0 Å². The number of para-hydroxylation sites is 1. The van der Waals surface area contributed by atoms with E-state index >= 15 is 0 Å². The van der Waals surface area contributed by atoms with Crippen molar-refractivity contribution >= 4 is 62.4 Å². The van der Waals surface area contributed by atoms with Crippen molar-refractivity contribution in [1.29, 1.82) is 0 Å². The van der Waals surface area contributed by atoms with Crippen LogP contribution in [0.15, 0.2) is 91.0 Å². The molecule has 4 aliphatic heterocycles. The van der Waals surface area contributed by atoms with E-state index in [-0.39, 0.29) is 85.7 Å². The van der Waals surface area contributed by atoms with Crippen molar-refractivity contribution in [2.75, 3.05) is 48.2 Å². The number of carbonyl (C=O) groups excluding carboxylic acids is 5. The lowest BCUT2D eigenvalue weighted by molar-refractivity contribution is -0.128. The van der Waals surface area contributed by atoms with Gasteiger partial charge in [0.25, 0.3) is 21.9 Å². The third-order valence-electron chi connectivity index (χ3n) is 14.7. The summed E-state index contributed by atoms with van der Waals surface area (Å²) in [6.07, 6.45) is 8.96. The molecule has 22 nitrogen and oxygen atoms in total. The molecule has 1 fully saturated rings. The van der Waals surface area contributed by atoms with Crippen molar-refractivity contribution in [3.8, 4) is 23.0 Å². The van der Waals surface area contributed by atoms with Gasteiger partial charge in [-0.15, -0.1) is 0 Å². The Hall–Kier alpha value is -7.70. The lowest BCUT2D eigenvalue weighted by Crippen LogP contribution is -2.51. The number of nitrogens with zero attached hydrogens (tertiary/aromatic N) is 2. The number of ether oxygens (including phenoxy) is 4. The maximum absolute atomic E-state index is 14.3. The van der Waals surface area contributed by atoms with Crippen LogP contribution in [0.1, 0.15) is 89.8 Å². The highest BCUT2D eigenvalue weighted by molar-refractivity contribution is 7.86. The van der Waals surface area contributed by atoms with Crippen molar-refractivity contribution in [1.82, 2.24) is 20.9 Å². The predicted molar refractivity (Wildman–Crippen MR) is 293 cm³/mol. The minimum atomic E-state index is -4.75. The molecule has 0 bridgehead atoms. The van der Waals surface area contributed by atoms with Crippen LogP contribution >= 0.6 is 0 Å². The summed E-state index contributed by atoms with van der Waals surface area (Å²) in [4.78, 5) is 70.6. The molecule has 23 heteroatoms. The standard InChI is InChI=1S/C56H66N8O14S/c1-31(58-51(67)17-10-9-16-50(66)57-18-11-19-65)52(68)59-32(2)53(69)60-37-21-33(29-77-47-27-40-38(25-45(47)75-3)56(71)64-43-15-8-6-13-36(43)24-49(64)61-40)20-34(22-37)30-78-48-28-41-39(26-46(48)76-4)55(70)63-42-14-7-5-12-35(42)23-44(63)54(62-41)79(72,73)74/h5-8,12-15,20-22,25-28,31-32,35,42,44,49,51,54,58,61-62,65,67H,9-11,16-19,23-24,29-30H2,1-4H3,(H,57,66)(H,59,68)(H,60,69)(H,72,73,74)/t31-,32-,35?,42?,44-,49-,51?,54-/m0/s1. The van der Waals surface area contributed by atoms with Crippen molar-refractivity contribution in [2.45, 2.75) is 114 Å². The second-order valence-corrected chi connectivity index (χ2v) is 21.7. The Balaban J connectivity index is 0.924. The Morgan fingerprint density at radius 2 is 1.46 bits per heavy atom. The summed E-state index contributed by atoms with van der Waals surface area (Å²) < 4.78 is 60.8. The number of rotatable bonds is 23. The summed E-state index contributed by atoms with van der Waals surface area (Å²) in [5.41, 5.74) is 4.41. The molecule has 1 saturated heterocycles. The normalized spacial score (nSPS) is 20.6. The zero-order chi connectivity index (χ0) is 56.1. The molecule has 4 aromatic rings. The van der Waals surface area contributed by atoms with Gasteiger partial charge in [-0.2, -0.15) is 8.42 Å². The van der Waals surface area contributed by atoms with Gasteiger partial charge >= 0.3 is 0 Å². The summed E-state index contributed by atoms with van der Waals surface area (Å²) in [5.74, 6) is -1.17. The number of amides is 5. The van der Waals surface area contributed by atoms with E-state index in [9.17, 15) is 42.0 Å². The van der Waals surface area contributed by atoms with E-state index in [1.165, 1.54) is 38.2 Å². The van der Waals surface area contributed by atoms with E-state index in [1.54, 1.807) is 48.2 Å². The zero-order valence-electron chi connectivity index (χ0n) is 44.2. The lowest BCUT2D eigenvalue weighted by Gasteiger charge is -2.33. The highest BCUT2D eigenvalue weighted by Crippen LogP contribution is 2.45. The first-order chi connectivity index (χ1) is 37.9. The Morgan fingerprint density at radius 1 is 0.797 bits per heavy atom. The molecule has 5 amide bonds. The molecule has 3 unspecified atom stereocenters. The number of aliphatic hydroxyl groups excluding tert-OH is 2. The van der Waals surface area contributed by atoms with Crippen molar-refractivity contribution in [3.63, 3.8) is 0 Å². The van der Waals surface area contributed by atoms with E-state index in [2.05, 4.69) is 31.9 Å². The number of allylic oxidation sites excluding steroid dienone is 2. The highest BCUT2D eigenvalue weighted by Gasteiger charge is 2.51. The van der Waals surface area contributed by atoms with Crippen LogP contribution in [-0.4, -0.2) is 127 Å². The van der Waals surface area contributed by atoms with Gasteiger partial charge in [0.15, 0.2) is 28.4 Å².